The number of nitrogens with zero attached hydrogens (tertiary/aromatic N) is 3. The van der Waals surface area contributed by atoms with Crippen molar-refractivity contribution in [1.82, 2.24) is 20.4 Å². The van der Waals surface area contributed by atoms with Crippen molar-refractivity contribution in [2.75, 3.05) is 20.6 Å². The summed E-state index contributed by atoms with van der Waals surface area (Å²) in [6.07, 6.45) is 0. The molecule has 0 bridgehead atoms. The number of likely N-dealkylation sites (N-methyl/N-ethyl adjacent to an activating group) is 1. The van der Waals surface area contributed by atoms with Gasteiger partial charge in [-0.15, -0.1) is 11.3 Å². The van der Waals surface area contributed by atoms with Gasteiger partial charge in [0.15, 0.2) is 6.61 Å². The van der Waals surface area contributed by atoms with Crippen molar-refractivity contribution in [3.63, 3.8) is 0 Å². The van der Waals surface area contributed by atoms with Gasteiger partial charge in [0.25, 0.3) is 5.91 Å². The quantitative estimate of drug-likeness (QED) is 0.641. The predicted molar refractivity (Wildman–Crippen MR) is 103 cm³/mol. The molecule has 142 valence electrons. The molecule has 0 spiro atoms. The third-order valence-electron chi connectivity index (χ3n) is 4.00. The molecule has 3 aromatic rings. The monoisotopic (exact) mass is 386 g/mol. The van der Waals surface area contributed by atoms with Crippen molar-refractivity contribution in [3.05, 3.63) is 63.9 Å². The van der Waals surface area contributed by atoms with Crippen LogP contribution in [0.15, 0.2) is 46.3 Å². The molecule has 3 rings (SSSR count). The van der Waals surface area contributed by atoms with E-state index in [2.05, 4.69) is 26.4 Å². The lowest BCUT2D eigenvalue weighted by Gasteiger charge is -2.23. The molecule has 0 aliphatic carbocycles. The molecule has 0 saturated carbocycles. The van der Waals surface area contributed by atoms with Crippen LogP contribution in [-0.4, -0.2) is 41.6 Å². The SMILES string of the molecule is Cc1nc(COc2ccc(C(=O)NC[C@H](c3cccs3)N(C)C)cc2)no1. The van der Waals surface area contributed by atoms with E-state index >= 15 is 0 Å². The van der Waals surface area contributed by atoms with Gasteiger partial charge in [-0.05, 0) is 49.8 Å². The first kappa shape index (κ1) is 19.1. The molecule has 2 heterocycles. The topological polar surface area (TPSA) is 80.5 Å². The number of thiophene rings is 1. The molecule has 1 atom stereocenters. The second-order valence-corrected chi connectivity index (χ2v) is 7.23. The highest BCUT2D eigenvalue weighted by Crippen LogP contribution is 2.22. The molecule has 1 aromatic carbocycles. The molecule has 7 nitrogen and oxygen atoms in total. The van der Waals surface area contributed by atoms with Crippen LogP contribution in [0, 0.1) is 6.92 Å². The molecule has 0 radical (unpaired) electrons. The molecule has 0 aliphatic heterocycles. The zero-order valence-corrected chi connectivity index (χ0v) is 16.3. The van der Waals surface area contributed by atoms with E-state index in [4.69, 9.17) is 9.26 Å². The van der Waals surface area contributed by atoms with Gasteiger partial charge >= 0.3 is 0 Å². The van der Waals surface area contributed by atoms with E-state index in [1.807, 2.05) is 25.5 Å². The Kier molecular flexibility index (Phi) is 6.20. The first-order chi connectivity index (χ1) is 13.0. The van der Waals surface area contributed by atoms with Crippen LogP contribution in [0.2, 0.25) is 0 Å². The zero-order valence-electron chi connectivity index (χ0n) is 15.5. The van der Waals surface area contributed by atoms with E-state index < -0.39 is 0 Å². The predicted octanol–water partition coefficient (Wildman–Crippen LogP) is 3.05. The number of rotatable bonds is 8. The molecule has 0 saturated heterocycles. The molecule has 0 aliphatic rings. The molecule has 1 N–H and O–H groups in total. The molecular weight excluding hydrogens is 364 g/mol. The van der Waals surface area contributed by atoms with Gasteiger partial charge in [0.2, 0.25) is 11.7 Å². The fourth-order valence-corrected chi connectivity index (χ4v) is 3.48. The Morgan fingerprint density at radius 1 is 1.30 bits per heavy atom. The Bertz CT molecular complexity index is 859. The summed E-state index contributed by atoms with van der Waals surface area (Å²) in [5.41, 5.74) is 0.585. The van der Waals surface area contributed by atoms with E-state index in [0.717, 1.165) is 0 Å². The van der Waals surface area contributed by atoms with Gasteiger partial charge in [-0.1, -0.05) is 11.2 Å². The maximum atomic E-state index is 12.4. The maximum absolute atomic E-state index is 12.4. The average Bonchev–Trinajstić information content (AvgIpc) is 3.32. The van der Waals surface area contributed by atoms with Crippen LogP contribution < -0.4 is 10.1 Å². The minimum Gasteiger partial charge on any atom is -0.485 e. The van der Waals surface area contributed by atoms with Crippen LogP contribution in [0.3, 0.4) is 0 Å². The van der Waals surface area contributed by atoms with Gasteiger partial charge in [-0.2, -0.15) is 4.98 Å². The van der Waals surface area contributed by atoms with Crippen LogP contribution in [0.1, 0.15) is 33.0 Å². The summed E-state index contributed by atoms with van der Waals surface area (Å²) < 4.78 is 10.5. The second kappa shape index (κ2) is 8.79. The van der Waals surface area contributed by atoms with Crippen molar-refractivity contribution in [2.45, 2.75) is 19.6 Å². The number of benzene rings is 1. The Morgan fingerprint density at radius 3 is 2.67 bits per heavy atom. The number of carbonyl (C=O) groups excluding carboxylic acids is 1. The summed E-state index contributed by atoms with van der Waals surface area (Å²) >= 11 is 1.69. The van der Waals surface area contributed by atoms with Gasteiger partial charge in [-0.3, -0.25) is 4.79 Å². The number of carbonyl (C=O) groups is 1. The first-order valence-electron chi connectivity index (χ1n) is 8.53. The molecule has 1 amide bonds. The molecule has 2 aromatic heterocycles. The third kappa shape index (κ3) is 5.15. The lowest BCUT2D eigenvalue weighted by molar-refractivity contribution is 0.0942. The lowest BCUT2D eigenvalue weighted by atomic mass is 10.2. The zero-order chi connectivity index (χ0) is 19.2. The van der Waals surface area contributed by atoms with Crippen molar-refractivity contribution in [3.8, 4) is 5.75 Å². The lowest BCUT2D eigenvalue weighted by Crippen LogP contribution is -2.34. The minimum absolute atomic E-state index is 0.112. The van der Waals surface area contributed by atoms with Gasteiger partial charge in [0, 0.05) is 23.9 Å². The number of aromatic nitrogens is 2. The summed E-state index contributed by atoms with van der Waals surface area (Å²) in [5, 5.41) is 8.82. The van der Waals surface area contributed by atoms with Crippen molar-refractivity contribution < 1.29 is 14.1 Å². The van der Waals surface area contributed by atoms with E-state index in [9.17, 15) is 4.79 Å². The minimum atomic E-state index is -0.112. The highest BCUT2D eigenvalue weighted by Gasteiger charge is 2.16. The fourth-order valence-electron chi connectivity index (χ4n) is 2.56. The molecule has 8 heteroatoms. The average molecular weight is 386 g/mol. The number of nitrogens with one attached hydrogen (secondary N) is 1. The Morgan fingerprint density at radius 2 is 2.07 bits per heavy atom. The van der Waals surface area contributed by atoms with Crippen LogP contribution >= 0.6 is 11.3 Å². The van der Waals surface area contributed by atoms with Crippen LogP contribution in [0.4, 0.5) is 0 Å². The fraction of sp³-hybridized carbons (Fsp3) is 0.316. The Hall–Kier alpha value is -2.71. The standard InChI is InChI=1S/C19H22N4O3S/c1-13-21-18(22-26-13)12-25-15-8-6-14(7-9-15)19(24)20-11-16(23(2)3)17-5-4-10-27-17/h4-10,16H,11-12H2,1-3H3,(H,20,24)/t16-/m1/s1. The second-order valence-electron chi connectivity index (χ2n) is 6.25. The summed E-state index contributed by atoms with van der Waals surface area (Å²) in [4.78, 5) is 19.8. The van der Waals surface area contributed by atoms with Crippen LogP contribution in [0.25, 0.3) is 0 Å². The number of amides is 1. The molecular formula is C19H22N4O3S. The molecule has 27 heavy (non-hydrogen) atoms. The Labute approximate surface area is 162 Å². The summed E-state index contributed by atoms with van der Waals surface area (Å²) in [6.45, 7) is 2.49. The normalized spacial score (nSPS) is 12.1. The van der Waals surface area contributed by atoms with Crippen LogP contribution in [0.5, 0.6) is 5.75 Å². The number of ether oxygens (including phenoxy) is 1. The smallest absolute Gasteiger partial charge is 0.251 e. The van der Waals surface area contributed by atoms with E-state index in [1.54, 1.807) is 42.5 Å². The van der Waals surface area contributed by atoms with Crippen molar-refractivity contribution in [1.29, 1.82) is 0 Å². The maximum Gasteiger partial charge on any atom is 0.251 e. The molecule has 0 unspecified atom stereocenters. The largest absolute Gasteiger partial charge is 0.485 e. The first-order valence-corrected chi connectivity index (χ1v) is 9.41. The number of hydrogen-bond acceptors (Lipinski definition) is 7. The highest BCUT2D eigenvalue weighted by atomic mass is 32.1. The van der Waals surface area contributed by atoms with Gasteiger partial charge in [0.05, 0.1) is 6.04 Å². The summed E-state index contributed by atoms with van der Waals surface area (Å²) in [5.74, 6) is 1.51. The molecule has 0 fully saturated rings. The highest BCUT2D eigenvalue weighted by molar-refractivity contribution is 7.10. The Balaban J connectivity index is 1.53. The number of hydrogen-bond donors (Lipinski definition) is 1. The van der Waals surface area contributed by atoms with E-state index in [0.29, 0.717) is 29.6 Å². The van der Waals surface area contributed by atoms with Gasteiger partial charge < -0.3 is 19.5 Å². The van der Waals surface area contributed by atoms with E-state index in [-0.39, 0.29) is 18.6 Å². The van der Waals surface area contributed by atoms with Crippen molar-refractivity contribution in [2.24, 2.45) is 0 Å². The van der Waals surface area contributed by atoms with Crippen molar-refractivity contribution >= 4 is 17.2 Å². The third-order valence-corrected chi connectivity index (χ3v) is 4.98. The van der Waals surface area contributed by atoms with E-state index in [1.165, 1.54) is 4.88 Å². The van der Waals surface area contributed by atoms with Gasteiger partial charge in [-0.25, -0.2) is 0 Å². The summed E-state index contributed by atoms with van der Waals surface area (Å²) in [7, 11) is 4.02. The number of aryl methyl sites for hydroxylation is 1. The van der Waals surface area contributed by atoms with Gasteiger partial charge in [0.1, 0.15) is 5.75 Å². The van der Waals surface area contributed by atoms with Crippen LogP contribution in [-0.2, 0) is 6.61 Å². The summed E-state index contributed by atoms with van der Waals surface area (Å²) in [6, 6.07) is 11.2.